The van der Waals surface area contributed by atoms with Crippen LogP contribution in [0.5, 0.6) is 0 Å². The number of aromatic nitrogens is 1. The topological polar surface area (TPSA) is 53.5 Å². The fraction of sp³-hybridized carbons (Fsp3) is 0.632. The van der Waals surface area contributed by atoms with E-state index in [0.717, 1.165) is 31.2 Å². The van der Waals surface area contributed by atoms with Crippen molar-refractivity contribution in [1.29, 1.82) is 0 Å². The number of amides is 2. The Morgan fingerprint density at radius 2 is 1.88 bits per heavy atom. The normalized spacial score (nSPS) is 28.3. The van der Waals surface area contributed by atoms with Crippen LogP contribution < -0.4 is 0 Å². The Kier molecular flexibility index (Phi) is 4.01. The fourth-order valence-corrected chi connectivity index (χ4v) is 4.42. The Morgan fingerprint density at radius 3 is 2.56 bits per heavy atom. The van der Waals surface area contributed by atoms with Crippen molar-refractivity contribution >= 4 is 11.8 Å². The third-order valence-corrected chi connectivity index (χ3v) is 6.12. The van der Waals surface area contributed by atoms with Crippen molar-refractivity contribution in [3.8, 4) is 0 Å². The highest BCUT2D eigenvalue weighted by atomic mass is 19.1. The zero-order chi connectivity index (χ0) is 17.5. The van der Waals surface area contributed by atoms with Crippen LogP contribution in [0.1, 0.15) is 44.1 Å². The maximum atomic E-state index is 14.5. The van der Waals surface area contributed by atoms with Crippen LogP contribution in [-0.4, -0.2) is 51.9 Å². The molecular weight excluding hydrogens is 321 g/mol. The Labute approximate surface area is 147 Å². The molecule has 5 nitrogen and oxygen atoms in total. The van der Waals surface area contributed by atoms with Crippen molar-refractivity contribution in [2.45, 2.75) is 50.7 Å². The number of rotatable bonds is 3. The van der Waals surface area contributed by atoms with Crippen molar-refractivity contribution in [3.05, 3.63) is 30.1 Å². The summed E-state index contributed by atoms with van der Waals surface area (Å²) >= 11 is 0. The van der Waals surface area contributed by atoms with Gasteiger partial charge in [-0.2, -0.15) is 0 Å². The van der Waals surface area contributed by atoms with Crippen molar-refractivity contribution < 1.29 is 14.0 Å². The molecule has 3 heterocycles. The minimum atomic E-state index is -1.67. The summed E-state index contributed by atoms with van der Waals surface area (Å²) in [6, 6.07) is 3.83. The summed E-state index contributed by atoms with van der Waals surface area (Å²) < 4.78 is 14.5. The average Bonchev–Trinajstić information content (AvgIpc) is 2.89. The number of hydrogen-bond donors (Lipinski definition) is 0. The first-order chi connectivity index (χ1) is 12.0. The fourth-order valence-electron chi connectivity index (χ4n) is 4.42. The maximum Gasteiger partial charge on any atom is 0.260 e. The minimum absolute atomic E-state index is 0.114. The van der Waals surface area contributed by atoms with Crippen LogP contribution in [0.3, 0.4) is 0 Å². The van der Waals surface area contributed by atoms with Gasteiger partial charge >= 0.3 is 0 Å². The van der Waals surface area contributed by atoms with E-state index in [2.05, 4.69) is 4.98 Å². The molecule has 134 valence electrons. The number of alkyl halides is 1. The number of carbonyl (C=O) groups excluding carboxylic acids is 2. The first-order valence-electron chi connectivity index (χ1n) is 9.19. The van der Waals surface area contributed by atoms with Crippen molar-refractivity contribution in [2.75, 3.05) is 19.6 Å². The predicted molar refractivity (Wildman–Crippen MR) is 90.2 cm³/mol. The SMILES string of the molecule is O=C(N1CCCC2(CCN(Cc3ccncc3)C2=O)C1)C1(F)CCC1. The van der Waals surface area contributed by atoms with Crippen LogP contribution in [0.25, 0.3) is 0 Å². The molecule has 0 radical (unpaired) electrons. The van der Waals surface area contributed by atoms with Crippen molar-refractivity contribution in [1.82, 2.24) is 14.8 Å². The van der Waals surface area contributed by atoms with Gasteiger partial charge in [0, 0.05) is 38.6 Å². The summed E-state index contributed by atoms with van der Waals surface area (Å²) in [5, 5.41) is 0. The van der Waals surface area contributed by atoms with Crippen LogP contribution >= 0.6 is 0 Å². The summed E-state index contributed by atoms with van der Waals surface area (Å²) in [6.07, 6.45) is 7.21. The molecule has 0 bridgehead atoms. The quantitative estimate of drug-likeness (QED) is 0.845. The van der Waals surface area contributed by atoms with E-state index in [1.54, 1.807) is 17.3 Å². The Balaban J connectivity index is 1.46. The first-order valence-corrected chi connectivity index (χ1v) is 9.19. The Bertz CT molecular complexity index is 677. The van der Waals surface area contributed by atoms with E-state index in [4.69, 9.17) is 0 Å². The molecule has 3 fully saturated rings. The van der Waals surface area contributed by atoms with E-state index in [0.29, 0.717) is 39.0 Å². The van der Waals surface area contributed by atoms with Crippen LogP contribution in [0.4, 0.5) is 4.39 Å². The second kappa shape index (κ2) is 6.07. The standard InChI is InChI=1S/C19H24FN3O2/c20-19(6-1-7-19)17(25)23-11-2-5-18(14-23)8-12-22(16(18)24)13-15-3-9-21-10-4-15/h3-4,9-10H,1-2,5-8,11-14H2. The van der Waals surface area contributed by atoms with Gasteiger partial charge in [-0.1, -0.05) is 0 Å². The zero-order valence-corrected chi connectivity index (χ0v) is 14.4. The summed E-state index contributed by atoms with van der Waals surface area (Å²) in [6.45, 7) is 2.22. The predicted octanol–water partition coefficient (Wildman–Crippen LogP) is 2.31. The number of hydrogen-bond acceptors (Lipinski definition) is 3. The molecule has 1 spiro atoms. The molecule has 3 aliphatic rings. The first kappa shape index (κ1) is 16.5. The molecule has 1 saturated carbocycles. The lowest BCUT2D eigenvalue weighted by Crippen LogP contribution is -2.56. The van der Waals surface area contributed by atoms with Crippen LogP contribution in [0, 0.1) is 5.41 Å². The summed E-state index contributed by atoms with van der Waals surface area (Å²) in [7, 11) is 0. The van der Waals surface area contributed by atoms with Gasteiger partial charge in [0.2, 0.25) is 5.91 Å². The number of pyridine rings is 1. The van der Waals surface area contributed by atoms with Crippen LogP contribution in [0.15, 0.2) is 24.5 Å². The second-order valence-corrected chi connectivity index (χ2v) is 7.76. The summed E-state index contributed by atoms with van der Waals surface area (Å²) in [4.78, 5) is 33.1. The summed E-state index contributed by atoms with van der Waals surface area (Å²) in [5.74, 6) is -0.276. The van der Waals surface area contributed by atoms with Gasteiger partial charge in [0.1, 0.15) is 0 Å². The van der Waals surface area contributed by atoms with Crippen molar-refractivity contribution in [3.63, 3.8) is 0 Å². The molecule has 1 unspecified atom stereocenters. The van der Waals surface area contributed by atoms with Crippen molar-refractivity contribution in [2.24, 2.45) is 5.41 Å². The highest BCUT2D eigenvalue weighted by molar-refractivity contribution is 5.89. The number of carbonyl (C=O) groups is 2. The lowest BCUT2D eigenvalue weighted by molar-refractivity contribution is -0.156. The van der Waals surface area contributed by atoms with E-state index in [9.17, 15) is 14.0 Å². The Morgan fingerprint density at radius 1 is 1.12 bits per heavy atom. The Hall–Kier alpha value is -1.98. The minimum Gasteiger partial charge on any atom is -0.339 e. The van der Waals surface area contributed by atoms with Crippen LogP contribution in [-0.2, 0) is 16.1 Å². The number of halogens is 1. The molecule has 0 N–H and O–H groups in total. The van der Waals surface area contributed by atoms with Gasteiger partial charge in [-0.15, -0.1) is 0 Å². The van der Waals surface area contributed by atoms with Gasteiger partial charge in [-0.25, -0.2) is 4.39 Å². The summed E-state index contributed by atoms with van der Waals surface area (Å²) in [5.41, 5.74) is -1.13. The smallest absolute Gasteiger partial charge is 0.260 e. The molecule has 6 heteroatoms. The number of nitrogens with zero attached hydrogens (tertiary/aromatic N) is 3. The average molecular weight is 345 g/mol. The third-order valence-electron chi connectivity index (χ3n) is 6.12. The van der Waals surface area contributed by atoms with Gasteiger partial charge in [0.25, 0.3) is 5.91 Å². The second-order valence-electron chi connectivity index (χ2n) is 7.76. The maximum absolute atomic E-state index is 14.5. The van der Waals surface area contributed by atoms with Gasteiger partial charge in [0.15, 0.2) is 5.67 Å². The lowest BCUT2D eigenvalue weighted by Gasteiger charge is -2.43. The molecule has 2 aliphatic heterocycles. The van der Waals surface area contributed by atoms with E-state index in [-0.39, 0.29) is 5.91 Å². The van der Waals surface area contributed by atoms with E-state index >= 15 is 0 Å². The number of piperidine rings is 1. The van der Waals surface area contributed by atoms with Gasteiger partial charge < -0.3 is 9.80 Å². The van der Waals surface area contributed by atoms with Gasteiger partial charge in [0.05, 0.1) is 5.41 Å². The number of likely N-dealkylation sites (tertiary alicyclic amines) is 2. The monoisotopic (exact) mass is 345 g/mol. The molecule has 1 aromatic heterocycles. The van der Waals surface area contributed by atoms with E-state index < -0.39 is 17.0 Å². The molecule has 1 atom stereocenters. The molecular formula is C19H24FN3O2. The van der Waals surface area contributed by atoms with E-state index in [1.807, 2.05) is 17.0 Å². The van der Waals surface area contributed by atoms with Crippen LogP contribution in [0.2, 0.25) is 0 Å². The van der Waals surface area contributed by atoms with E-state index in [1.165, 1.54) is 0 Å². The highest BCUT2D eigenvalue weighted by Gasteiger charge is 2.53. The lowest BCUT2D eigenvalue weighted by atomic mass is 9.76. The molecule has 4 rings (SSSR count). The largest absolute Gasteiger partial charge is 0.339 e. The molecule has 25 heavy (non-hydrogen) atoms. The van der Waals surface area contributed by atoms with Gasteiger partial charge in [-0.3, -0.25) is 14.6 Å². The third kappa shape index (κ3) is 2.81. The molecule has 1 aliphatic carbocycles. The molecule has 2 amide bonds. The van der Waals surface area contributed by atoms with Gasteiger partial charge in [-0.05, 0) is 56.2 Å². The molecule has 0 aromatic carbocycles. The molecule has 2 saturated heterocycles. The molecule has 1 aromatic rings. The zero-order valence-electron chi connectivity index (χ0n) is 14.4. The highest BCUT2D eigenvalue weighted by Crippen LogP contribution is 2.43.